The van der Waals surface area contributed by atoms with Crippen molar-refractivity contribution in [2.45, 2.75) is 64.7 Å². The third kappa shape index (κ3) is 15.4. The second-order valence-electron chi connectivity index (χ2n) is 33.6. The summed E-state index contributed by atoms with van der Waals surface area (Å²) in [6, 6.07) is 4.82. The molecule has 5 saturated heterocycles. The third-order valence-corrected chi connectivity index (χ3v) is 25.9. The largest absolute Gasteiger partial charge is 0.487 e. The fourth-order valence-corrected chi connectivity index (χ4v) is 18.8. The SMILES string of the molecule is CC1COc2c(N3CCN(C(=N)CC(=N)N4CCN(C(=N)CC(=N)N5CCN(c6c(F)cc7c(=O)c(C(=O)O)cn8c7c6OCC8C)CC5)CCN(C(=N)NC(=N)N5CCN(c6c(F)cc7c(=O)c(C(=O)O)cn8c7c6OCC8C)CC5)CCN(C(=N)NC(=N)N5CCN(c6c(F)cc7c(=O)ccn8c7c6OCC8C)CC5)CC4)CC3)c(F)cc3[n+]2C1C=CC3=O. The van der Waals surface area contributed by atoms with Crippen LogP contribution < -0.4 is 70.0 Å². The van der Waals surface area contributed by atoms with Gasteiger partial charge in [0, 0.05) is 182 Å². The van der Waals surface area contributed by atoms with E-state index in [1.807, 2.05) is 39.2 Å². The molecule has 5 unspecified atom stereocenters. The molecule has 10 aliphatic heterocycles. The van der Waals surface area contributed by atoms with E-state index < -0.39 is 69.3 Å². The van der Waals surface area contributed by atoms with Gasteiger partial charge in [0.15, 0.2) is 81.5 Å². The molecule has 0 saturated carbocycles. The van der Waals surface area contributed by atoms with Crippen LogP contribution >= 0.6 is 0 Å². The first-order valence-electron chi connectivity index (χ1n) is 42.3. The van der Waals surface area contributed by atoms with E-state index in [-0.39, 0.29) is 345 Å². The van der Waals surface area contributed by atoms with Gasteiger partial charge in [0.2, 0.25) is 16.6 Å². The number of aromatic carboxylic acids is 2. The number of guanidine groups is 4. The average molecular weight is 1740 g/mol. The summed E-state index contributed by atoms with van der Waals surface area (Å²) in [5.74, 6) is -6.08. The minimum absolute atomic E-state index is 0.000275. The second-order valence-corrected chi connectivity index (χ2v) is 33.6. The van der Waals surface area contributed by atoms with E-state index in [1.54, 1.807) is 77.8 Å². The van der Waals surface area contributed by atoms with Crippen LogP contribution in [0.15, 0.2) is 75.5 Å². The van der Waals surface area contributed by atoms with Gasteiger partial charge < -0.3 is 102 Å². The van der Waals surface area contributed by atoms with Crippen molar-refractivity contribution in [2.24, 2.45) is 5.92 Å². The number of carboxylic acids is 2. The molecule has 4 aromatic heterocycles. The summed E-state index contributed by atoms with van der Waals surface area (Å²) in [5, 5.41) is 103. The first-order chi connectivity index (χ1) is 60.4. The molecule has 5 atom stereocenters. The highest BCUT2D eigenvalue weighted by Crippen LogP contribution is 2.46. The van der Waals surface area contributed by atoms with E-state index in [0.717, 1.165) is 12.1 Å². The third-order valence-electron chi connectivity index (χ3n) is 25.9. The highest BCUT2D eigenvalue weighted by Gasteiger charge is 2.46. The second kappa shape index (κ2) is 33.7. The fourth-order valence-electron chi connectivity index (χ4n) is 18.8. The number of ether oxygens (including phenoxy) is 4. The van der Waals surface area contributed by atoms with Crippen molar-refractivity contribution in [3.05, 3.63) is 132 Å². The van der Waals surface area contributed by atoms with Gasteiger partial charge in [-0.05, 0) is 51.1 Å². The summed E-state index contributed by atoms with van der Waals surface area (Å²) in [6.07, 6.45) is 7.06. The number of hydrogen-bond acceptors (Lipinski definition) is 22. The molecule has 3 aromatic carbocycles. The number of piperazine rings is 4. The van der Waals surface area contributed by atoms with E-state index >= 15 is 17.6 Å². The Morgan fingerprint density at radius 3 is 1.11 bits per heavy atom. The first kappa shape index (κ1) is 84.5. The number of benzene rings is 3. The van der Waals surface area contributed by atoms with Gasteiger partial charge in [0.1, 0.15) is 78.0 Å². The Morgan fingerprint density at radius 2 is 0.738 bits per heavy atom. The van der Waals surface area contributed by atoms with Gasteiger partial charge in [-0.1, -0.05) is 6.92 Å². The number of nitrogens with zero attached hydrogens (tertiary/aromatic N) is 16. The molecule has 38 nitrogen and oxygen atoms in total. The van der Waals surface area contributed by atoms with Crippen LogP contribution in [-0.4, -0.2) is 312 Å². The van der Waals surface area contributed by atoms with Gasteiger partial charge in [0.05, 0.1) is 75.7 Å². The molecule has 126 heavy (non-hydrogen) atoms. The first-order valence-corrected chi connectivity index (χ1v) is 42.3. The lowest BCUT2D eigenvalue weighted by Gasteiger charge is -2.41. The van der Waals surface area contributed by atoms with Crippen LogP contribution in [-0.2, 0) is 0 Å². The molecule has 0 radical (unpaired) electrons. The zero-order valence-electron chi connectivity index (χ0n) is 70.0. The van der Waals surface area contributed by atoms with Crippen LogP contribution in [0, 0.1) is 72.5 Å². The minimum Gasteiger partial charge on any atom is -0.487 e. The van der Waals surface area contributed by atoms with Crippen LogP contribution in [0.4, 0.5) is 40.3 Å². The normalized spacial score (nSPS) is 20.8. The lowest BCUT2D eigenvalue weighted by Crippen LogP contribution is -2.58. The highest BCUT2D eigenvalue weighted by atomic mass is 19.1. The number of carboxylic acid groups (broad SMARTS) is 2. The number of nitrogens with one attached hydrogen (secondary N) is 10. The van der Waals surface area contributed by atoms with Gasteiger partial charge in [-0.15, -0.1) is 4.57 Å². The van der Waals surface area contributed by atoms with Crippen molar-refractivity contribution >= 4 is 120 Å². The molecule has 17 rings (SSSR count). The lowest BCUT2D eigenvalue weighted by atomic mass is 9.95. The quantitative estimate of drug-likeness (QED) is 0.0389. The Labute approximate surface area is 718 Å². The number of rotatable bonds is 10. The monoisotopic (exact) mass is 1740 g/mol. The number of ketones is 1. The van der Waals surface area contributed by atoms with Crippen LogP contribution in [0.5, 0.6) is 23.1 Å². The van der Waals surface area contributed by atoms with E-state index in [2.05, 4.69) is 10.6 Å². The number of amidine groups is 4. The number of halogens is 4. The summed E-state index contributed by atoms with van der Waals surface area (Å²) in [4.78, 5) is 98.4. The number of aromatic nitrogens is 4. The summed E-state index contributed by atoms with van der Waals surface area (Å²) in [6.45, 7) is 11.3. The lowest BCUT2D eigenvalue weighted by molar-refractivity contribution is -0.734. The van der Waals surface area contributed by atoms with Gasteiger partial charge >= 0.3 is 17.8 Å². The molecule has 0 aliphatic carbocycles. The van der Waals surface area contributed by atoms with Crippen LogP contribution in [0.3, 0.4) is 0 Å². The maximum absolute atomic E-state index is 16.5. The predicted molar refractivity (Wildman–Crippen MR) is 462 cm³/mol. The molecular formula is C84H99F4N26O12+. The summed E-state index contributed by atoms with van der Waals surface area (Å²) in [7, 11) is 0. The molecule has 12 N–H and O–H groups in total. The van der Waals surface area contributed by atoms with Crippen molar-refractivity contribution in [1.29, 1.82) is 43.3 Å². The Kier molecular flexibility index (Phi) is 22.6. The Hall–Kier alpha value is -13.7. The van der Waals surface area contributed by atoms with Crippen molar-refractivity contribution in [3.63, 3.8) is 0 Å². The van der Waals surface area contributed by atoms with Crippen molar-refractivity contribution in [2.75, 3.05) is 203 Å². The van der Waals surface area contributed by atoms with Gasteiger partial charge in [-0.2, -0.15) is 0 Å². The smallest absolute Gasteiger partial charge is 0.396 e. The molecule has 42 heteroatoms. The number of pyridine rings is 4. The predicted octanol–water partition coefficient (Wildman–Crippen LogP) is 4.47. The van der Waals surface area contributed by atoms with E-state index in [9.17, 15) is 82.3 Å². The van der Waals surface area contributed by atoms with Crippen LogP contribution in [0.2, 0.25) is 0 Å². The molecule has 5 fully saturated rings. The molecule has 664 valence electrons. The van der Waals surface area contributed by atoms with Gasteiger partial charge in [-0.25, -0.2) is 27.2 Å². The zero-order valence-corrected chi connectivity index (χ0v) is 70.0. The van der Waals surface area contributed by atoms with Crippen LogP contribution in [0.25, 0.3) is 32.7 Å². The molecule has 7 aromatic rings. The summed E-state index contributed by atoms with van der Waals surface area (Å²) < 4.78 is 97.4. The molecular weight excluding hydrogens is 1640 g/mol. The molecule has 0 spiro atoms. The number of carbonyl (C=O) groups excluding carboxylic acids is 1. The Morgan fingerprint density at radius 1 is 0.421 bits per heavy atom. The van der Waals surface area contributed by atoms with E-state index in [0.29, 0.717) is 12.1 Å². The average Bonchev–Trinajstić information content (AvgIpc) is 1.17. The highest BCUT2D eigenvalue weighted by molar-refractivity contribution is 6.05. The van der Waals surface area contributed by atoms with Crippen molar-refractivity contribution in [1.82, 2.24) is 63.5 Å². The maximum Gasteiger partial charge on any atom is 0.396 e. The molecule has 14 heterocycles. The number of hydrogen-bond donors (Lipinski definition) is 12. The fraction of sp³-hybridized carbons (Fsp3) is 0.464. The summed E-state index contributed by atoms with van der Waals surface area (Å²) in [5.41, 5.74) is -1.31. The molecule has 0 bridgehead atoms. The summed E-state index contributed by atoms with van der Waals surface area (Å²) >= 11 is 0. The number of allylic oxidation sites excluding steroid dienone is 2. The van der Waals surface area contributed by atoms with E-state index in [4.69, 9.17) is 18.9 Å². The zero-order chi connectivity index (χ0) is 88.9. The standard InChI is InChI=1S/C84H98F4N26O12/c1-45-41-126-78-72(57(88)36-59-61(116)6-5-58(45)114(59)78)106-19-13-102(14-20-106)65(92)38-63(90)100-10-9-99(62(89)37-64(91)101-11-17-103(18-12-101)70-55(86)34-50-67-76(70)124-43-47(3)112(67)39-52(73(50)117)79(119)120)15-25-107(82(94)98-84(96)110-29-23-105(24-30-110)71-56(87)35-51-68-77(71)125-44-48(4)113(68)40-53(74(51)118)80(121)122)31-32-108(26-16-100)81(93)97-83(95)109-27-21-104(22-28-109)69-54(85)33-49-60(115)7-8-111-46(2)42-123-75(69)66(49)111/h5-8,33-36,39-40,45-48,58,89-92H,9-32,37-38,41-44H2,1-4H3,(H7-,93,94,95,96,97,98,119,120,121,122)/p+1. The topological polar surface area (TPSA) is 452 Å². The Balaban J connectivity index is 0.623. The minimum atomic E-state index is -1.45. The Bertz CT molecular complexity index is 6000. The van der Waals surface area contributed by atoms with Crippen LogP contribution in [0.1, 0.15) is 95.9 Å². The van der Waals surface area contributed by atoms with E-state index in [1.165, 1.54) is 36.7 Å². The number of anilines is 4. The molecule has 10 aliphatic rings. The van der Waals surface area contributed by atoms with Gasteiger partial charge in [-0.3, -0.25) is 73.1 Å². The number of carbonyl (C=O) groups is 3. The van der Waals surface area contributed by atoms with Crippen molar-refractivity contribution in [3.8, 4) is 23.1 Å². The molecule has 0 amide bonds. The van der Waals surface area contributed by atoms with Gasteiger partial charge in [0.25, 0.3) is 5.69 Å². The maximum atomic E-state index is 16.5. The van der Waals surface area contributed by atoms with Crippen molar-refractivity contribution < 1.29 is 65.7 Å².